The normalized spacial score (nSPS) is 12.1. The Bertz CT molecular complexity index is 997. The zero-order chi connectivity index (χ0) is 16.0. The van der Waals surface area contributed by atoms with Crippen molar-refractivity contribution in [3.8, 4) is 11.3 Å². The number of rotatable bonds is 2. The smallest absolute Gasteiger partial charge is 0.138 e. The zero-order valence-corrected chi connectivity index (χ0v) is 14.6. The van der Waals surface area contributed by atoms with Crippen molar-refractivity contribution in [2.45, 2.75) is 19.6 Å². The van der Waals surface area contributed by atoms with Gasteiger partial charge in [-0.25, -0.2) is 0 Å². The van der Waals surface area contributed by atoms with E-state index in [1.165, 1.54) is 5.19 Å². The first-order valence-electron chi connectivity index (χ1n) is 7.92. The van der Waals surface area contributed by atoms with E-state index >= 15 is 0 Å². The van der Waals surface area contributed by atoms with Gasteiger partial charge in [-0.2, -0.15) is 0 Å². The van der Waals surface area contributed by atoms with E-state index in [1.807, 2.05) is 24.4 Å². The monoisotopic (exact) mass is 317 g/mol. The van der Waals surface area contributed by atoms with Gasteiger partial charge < -0.3 is 4.42 Å². The Labute approximate surface area is 136 Å². The van der Waals surface area contributed by atoms with E-state index in [0.29, 0.717) is 0 Å². The minimum Gasteiger partial charge on any atom is -0.456 e. The van der Waals surface area contributed by atoms with E-state index in [-0.39, 0.29) is 0 Å². The molecule has 4 aromatic rings. The molecule has 3 heteroatoms. The summed E-state index contributed by atoms with van der Waals surface area (Å²) in [6.45, 7) is 7.05. The van der Waals surface area contributed by atoms with Gasteiger partial charge in [-0.15, -0.1) is 0 Å². The third-order valence-electron chi connectivity index (χ3n) is 4.22. The molecule has 0 radical (unpaired) electrons. The van der Waals surface area contributed by atoms with Gasteiger partial charge in [0.25, 0.3) is 0 Å². The van der Waals surface area contributed by atoms with Crippen LogP contribution in [0.15, 0.2) is 65.2 Å². The van der Waals surface area contributed by atoms with Crippen LogP contribution in [0.3, 0.4) is 0 Å². The molecule has 2 nitrogen and oxygen atoms in total. The summed E-state index contributed by atoms with van der Waals surface area (Å²) in [6.07, 6.45) is 1.97. The summed E-state index contributed by atoms with van der Waals surface area (Å²) < 4.78 is 6.27. The largest absolute Gasteiger partial charge is 0.456 e. The van der Waals surface area contributed by atoms with Gasteiger partial charge in [0.1, 0.15) is 11.2 Å². The molecule has 0 fully saturated rings. The van der Waals surface area contributed by atoms with E-state index < -0.39 is 8.07 Å². The van der Waals surface area contributed by atoms with Crippen molar-refractivity contribution >= 4 is 35.2 Å². The van der Waals surface area contributed by atoms with Crippen LogP contribution in [0.25, 0.3) is 33.2 Å². The molecule has 0 aliphatic rings. The third kappa shape index (κ3) is 2.28. The zero-order valence-electron chi connectivity index (χ0n) is 13.6. The predicted octanol–water partition coefficient (Wildman–Crippen LogP) is 5.19. The second kappa shape index (κ2) is 5.07. The van der Waals surface area contributed by atoms with Crippen LogP contribution >= 0.6 is 0 Å². The predicted molar refractivity (Wildman–Crippen MR) is 99.9 cm³/mol. The highest BCUT2D eigenvalue weighted by atomic mass is 28.3. The number of hydrogen-bond donors (Lipinski definition) is 0. The topological polar surface area (TPSA) is 26.0 Å². The number of para-hydroxylation sites is 1. The molecule has 0 saturated carbocycles. The Morgan fingerprint density at radius 3 is 2.26 bits per heavy atom. The van der Waals surface area contributed by atoms with Gasteiger partial charge in [-0.3, -0.25) is 4.98 Å². The summed E-state index contributed by atoms with van der Waals surface area (Å²) in [7, 11) is -1.64. The van der Waals surface area contributed by atoms with Crippen LogP contribution in [0.1, 0.15) is 0 Å². The highest BCUT2D eigenvalue weighted by molar-refractivity contribution is 6.91. The molecule has 0 saturated heterocycles. The molecule has 4 rings (SSSR count). The molecule has 0 aliphatic heterocycles. The van der Waals surface area contributed by atoms with Crippen LogP contribution in [0.2, 0.25) is 19.6 Å². The minimum atomic E-state index is -1.64. The molecule has 0 bridgehead atoms. The first-order chi connectivity index (χ1) is 11.1. The molecule has 0 spiro atoms. The van der Waals surface area contributed by atoms with Gasteiger partial charge in [-0.1, -0.05) is 68.2 Å². The number of benzene rings is 2. The average molecular weight is 317 g/mol. The molecule has 0 unspecified atom stereocenters. The fourth-order valence-corrected chi connectivity index (χ4v) is 4.98. The molecule has 0 atom stereocenters. The first kappa shape index (κ1) is 14.2. The molecule has 23 heavy (non-hydrogen) atoms. The molecule has 0 N–H and O–H groups in total. The number of hydrogen-bond acceptors (Lipinski definition) is 2. The number of pyridine rings is 1. The Kier molecular flexibility index (Phi) is 3.13. The van der Waals surface area contributed by atoms with Crippen molar-refractivity contribution in [3.63, 3.8) is 0 Å². The summed E-state index contributed by atoms with van der Waals surface area (Å²) in [5, 5.41) is 3.57. The highest BCUT2D eigenvalue weighted by Gasteiger charge is 2.27. The molecule has 2 aromatic heterocycles. The molecule has 0 amide bonds. The fourth-order valence-electron chi connectivity index (χ4n) is 3.19. The maximum absolute atomic E-state index is 6.27. The van der Waals surface area contributed by atoms with Gasteiger partial charge in [0.2, 0.25) is 0 Å². The summed E-state index contributed by atoms with van der Waals surface area (Å²) in [5.41, 5.74) is 4.18. The van der Waals surface area contributed by atoms with Crippen molar-refractivity contribution in [1.82, 2.24) is 4.98 Å². The molecular weight excluding hydrogens is 298 g/mol. The molecular formula is C20H19NOSi. The van der Waals surface area contributed by atoms with E-state index in [1.54, 1.807) is 0 Å². The van der Waals surface area contributed by atoms with Crippen molar-refractivity contribution in [1.29, 1.82) is 0 Å². The molecule has 2 aromatic carbocycles. The Hall–Kier alpha value is -2.39. The van der Waals surface area contributed by atoms with Gasteiger partial charge in [-0.05, 0) is 6.07 Å². The standard InChI is InChI=1S/C20H19NOSi/c1-23(2,3)20-18(14-9-5-4-6-10-14)21-13-16-15-11-7-8-12-17(15)22-19(16)20/h4-13H,1-3H3. The van der Waals surface area contributed by atoms with Crippen LogP contribution in [0, 0.1) is 0 Å². The minimum absolute atomic E-state index is 0.939. The molecule has 114 valence electrons. The third-order valence-corrected chi connectivity index (χ3v) is 6.18. The summed E-state index contributed by atoms with van der Waals surface area (Å²) in [6, 6.07) is 18.6. The first-order valence-corrected chi connectivity index (χ1v) is 11.4. The van der Waals surface area contributed by atoms with E-state index in [0.717, 1.165) is 33.2 Å². The quantitative estimate of drug-likeness (QED) is 0.475. The summed E-state index contributed by atoms with van der Waals surface area (Å²) >= 11 is 0. The van der Waals surface area contributed by atoms with Crippen LogP contribution in [-0.2, 0) is 0 Å². The number of nitrogens with zero attached hydrogens (tertiary/aromatic N) is 1. The van der Waals surface area contributed by atoms with Crippen molar-refractivity contribution in [3.05, 3.63) is 60.8 Å². The van der Waals surface area contributed by atoms with Crippen LogP contribution in [-0.4, -0.2) is 13.1 Å². The number of fused-ring (bicyclic) bond motifs is 3. The van der Waals surface area contributed by atoms with E-state index in [9.17, 15) is 0 Å². The fraction of sp³-hybridized carbons (Fsp3) is 0.150. The highest BCUT2D eigenvalue weighted by Crippen LogP contribution is 2.31. The maximum Gasteiger partial charge on any atom is 0.138 e. The van der Waals surface area contributed by atoms with E-state index in [2.05, 4.69) is 56.0 Å². The van der Waals surface area contributed by atoms with Crippen LogP contribution in [0.4, 0.5) is 0 Å². The van der Waals surface area contributed by atoms with Gasteiger partial charge >= 0.3 is 0 Å². The van der Waals surface area contributed by atoms with Gasteiger partial charge in [0.05, 0.1) is 13.8 Å². The Balaban J connectivity index is 2.14. The van der Waals surface area contributed by atoms with Gasteiger partial charge in [0, 0.05) is 27.7 Å². The average Bonchev–Trinajstić information content (AvgIpc) is 2.92. The van der Waals surface area contributed by atoms with Gasteiger partial charge in [0.15, 0.2) is 0 Å². The summed E-state index contributed by atoms with van der Waals surface area (Å²) in [4.78, 5) is 4.84. The van der Waals surface area contributed by atoms with Crippen molar-refractivity contribution in [2.75, 3.05) is 0 Å². The second-order valence-electron chi connectivity index (χ2n) is 6.94. The Morgan fingerprint density at radius 2 is 1.52 bits per heavy atom. The molecule has 2 heterocycles. The van der Waals surface area contributed by atoms with Crippen LogP contribution < -0.4 is 5.19 Å². The van der Waals surface area contributed by atoms with E-state index in [4.69, 9.17) is 9.40 Å². The van der Waals surface area contributed by atoms with Crippen LogP contribution in [0.5, 0.6) is 0 Å². The number of aromatic nitrogens is 1. The molecule has 0 aliphatic carbocycles. The van der Waals surface area contributed by atoms with Crippen molar-refractivity contribution in [2.24, 2.45) is 0 Å². The SMILES string of the molecule is C[Si](C)(C)c1c(-c2ccccc2)ncc2c1oc1ccccc12. The van der Waals surface area contributed by atoms with Crippen molar-refractivity contribution < 1.29 is 4.42 Å². The number of furan rings is 1. The lowest BCUT2D eigenvalue weighted by Crippen LogP contribution is -2.40. The Morgan fingerprint density at radius 1 is 0.826 bits per heavy atom. The summed E-state index contributed by atoms with van der Waals surface area (Å²) in [5.74, 6) is 0. The second-order valence-corrected chi connectivity index (χ2v) is 11.9. The maximum atomic E-state index is 6.27. The lowest BCUT2D eigenvalue weighted by molar-refractivity contribution is 0.671. The lowest BCUT2D eigenvalue weighted by Gasteiger charge is -2.20. The lowest BCUT2D eigenvalue weighted by atomic mass is 10.1.